The van der Waals surface area contributed by atoms with Gasteiger partial charge in [0.05, 0.1) is 28.5 Å². The molecule has 4 heteroatoms. The molecule has 0 amide bonds. The van der Waals surface area contributed by atoms with Gasteiger partial charge in [0.25, 0.3) is 0 Å². The van der Waals surface area contributed by atoms with Gasteiger partial charge in [-0.05, 0) is 90.4 Å². The van der Waals surface area contributed by atoms with E-state index >= 15 is 0 Å². The van der Waals surface area contributed by atoms with E-state index in [4.69, 9.17) is 11.0 Å². The zero-order valence-electron chi connectivity index (χ0n) is 34.9. The minimum Gasteiger partial charge on any atom is -0.456 e. The van der Waals surface area contributed by atoms with Crippen molar-refractivity contribution in [3.05, 3.63) is 157 Å². The number of hydrogen-bond donors (Lipinski definition) is 0. The smallest absolute Gasteiger partial charge is 0.218 e. The number of hydrogen-bond acceptors (Lipinski definition) is 1. The van der Waals surface area contributed by atoms with Gasteiger partial charge in [-0.1, -0.05) is 89.2 Å². The molecular formula is C55H51N3O+2. The molecule has 290 valence electrons. The highest BCUT2D eigenvalue weighted by molar-refractivity contribution is 6.34. The Bertz CT molecular complexity index is 3310. The summed E-state index contributed by atoms with van der Waals surface area (Å²) in [6.07, 6.45) is 10.2. The summed E-state index contributed by atoms with van der Waals surface area (Å²) in [6.45, 7) is 16.6. The number of aryl methyl sites for hydroxylation is 2. The van der Waals surface area contributed by atoms with Crippen LogP contribution in [-0.4, -0.2) is 4.40 Å². The number of rotatable bonds is 3. The summed E-state index contributed by atoms with van der Waals surface area (Å²) in [7, 11) is 0. The Morgan fingerprint density at radius 1 is 0.644 bits per heavy atom. The molecule has 1 aliphatic heterocycles. The Balaban J connectivity index is 1.28. The quantitative estimate of drug-likeness (QED) is 0.164. The van der Waals surface area contributed by atoms with E-state index in [0.29, 0.717) is 0 Å². The predicted molar refractivity (Wildman–Crippen MR) is 245 cm³/mol. The van der Waals surface area contributed by atoms with Crippen LogP contribution in [0.2, 0.25) is 0 Å². The first-order valence-electron chi connectivity index (χ1n) is 21.5. The van der Waals surface area contributed by atoms with Crippen molar-refractivity contribution in [3.63, 3.8) is 0 Å². The molecule has 0 aliphatic carbocycles. The van der Waals surface area contributed by atoms with Gasteiger partial charge in [0.15, 0.2) is 23.6 Å². The number of para-hydroxylation sites is 2. The van der Waals surface area contributed by atoms with Crippen LogP contribution in [0.15, 0.2) is 145 Å². The van der Waals surface area contributed by atoms with Gasteiger partial charge in [0, 0.05) is 75.0 Å². The molecule has 0 unspecified atom stereocenters. The van der Waals surface area contributed by atoms with Gasteiger partial charge < -0.3 is 8.82 Å². The third-order valence-corrected chi connectivity index (χ3v) is 13.6. The van der Waals surface area contributed by atoms with Crippen molar-refractivity contribution in [2.24, 2.45) is 5.41 Å². The van der Waals surface area contributed by atoms with Crippen LogP contribution in [0.1, 0.15) is 70.6 Å². The van der Waals surface area contributed by atoms with Crippen LogP contribution >= 0.6 is 0 Å². The van der Waals surface area contributed by atoms with Crippen molar-refractivity contribution in [1.29, 1.82) is 0 Å². The molecule has 0 N–H and O–H groups in total. The normalized spacial score (nSPS) is 14.7. The first-order chi connectivity index (χ1) is 28.7. The van der Waals surface area contributed by atoms with Gasteiger partial charge in [-0.25, -0.2) is 0 Å². The van der Waals surface area contributed by atoms with Crippen LogP contribution in [0, 0.1) is 5.41 Å². The molecule has 0 saturated carbocycles. The second-order valence-electron chi connectivity index (χ2n) is 18.3. The lowest BCUT2D eigenvalue weighted by Gasteiger charge is -2.28. The lowest BCUT2D eigenvalue weighted by atomic mass is 9.84. The Morgan fingerprint density at radius 2 is 1.39 bits per heavy atom. The zero-order chi connectivity index (χ0) is 40.2. The second kappa shape index (κ2) is 13.1. The molecule has 5 aromatic heterocycles. The van der Waals surface area contributed by atoms with Gasteiger partial charge in [-0.2, -0.15) is 9.13 Å². The van der Waals surface area contributed by atoms with E-state index in [2.05, 4.69) is 182 Å². The maximum atomic E-state index is 6.70. The maximum absolute atomic E-state index is 6.70. The van der Waals surface area contributed by atoms with Crippen LogP contribution in [0.3, 0.4) is 0 Å². The van der Waals surface area contributed by atoms with Gasteiger partial charge in [0.1, 0.15) is 11.2 Å². The number of furan rings is 1. The van der Waals surface area contributed by atoms with Crippen molar-refractivity contribution < 1.29 is 13.6 Å². The van der Waals surface area contributed by atoms with Crippen molar-refractivity contribution in [2.75, 3.05) is 0 Å². The van der Waals surface area contributed by atoms with Crippen molar-refractivity contribution in [1.82, 2.24) is 4.40 Å². The Kier molecular flexibility index (Phi) is 7.98. The van der Waals surface area contributed by atoms with Crippen LogP contribution in [0.25, 0.3) is 88.2 Å². The van der Waals surface area contributed by atoms with E-state index in [1.54, 1.807) is 0 Å². The second-order valence-corrected chi connectivity index (χ2v) is 18.3. The molecule has 59 heavy (non-hydrogen) atoms. The molecule has 0 fully saturated rings. The van der Waals surface area contributed by atoms with Gasteiger partial charge >= 0.3 is 0 Å². The molecule has 6 heterocycles. The standard InChI is InChI=1S/C55H51N3O/c1-7-55(8-2)33-35(3)56-27-16-15-21-45(56)39-18-10-9-17-37(39)24-25-38-30-48-43(31-42(38)47-29-36(26-28-57(47)55)34-54(4,5)6)44-32-50-51(41-20-12-14-23-49(41)59-50)52-40-19-11-13-22-46(40)58(48)53(44)52/h9-23,26-32H,3,7-8,24-25,33-34H2,1-2,4-6H3/q+2. The van der Waals surface area contributed by atoms with E-state index in [0.717, 1.165) is 55.4 Å². The molecular weight excluding hydrogens is 719 g/mol. The fourth-order valence-electron chi connectivity index (χ4n) is 10.8. The number of aromatic nitrogens is 3. The molecule has 5 aromatic carbocycles. The summed E-state index contributed by atoms with van der Waals surface area (Å²) in [5, 5.41) is 7.42. The molecule has 0 spiro atoms. The van der Waals surface area contributed by atoms with Crippen LogP contribution in [0.4, 0.5) is 0 Å². The van der Waals surface area contributed by atoms with Crippen molar-refractivity contribution >= 4 is 65.7 Å². The molecule has 0 atom stereocenters. The fraction of sp³-hybridized carbons (Fsp3) is 0.236. The lowest BCUT2D eigenvalue weighted by molar-refractivity contribution is -0.758. The van der Waals surface area contributed by atoms with Crippen molar-refractivity contribution in [2.45, 2.75) is 78.7 Å². The number of nitrogens with zero attached hydrogens (tertiary/aromatic N) is 3. The topological polar surface area (TPSA) is 25.3 Å². The average Bonchev–Trinajstić information content (AvgIpc) is 3.90. The fourth-order valence-corrected chi connectivity index (χ4v) is 10.8. The Hall–Kier alpha value is -6.26. The number of benzene rings is 5. The molecule has 0 bridgehead atoms. The van der Waals surface area contributed by atoms with Gasteiger partial charge in [-0.3, -0.25) is 0 Å². The highest BCUT2D eigenvalue weighted by Gasteiger charge is 2.43. The number of fused-ring (bicyclic) bond motifs is 16. The third-order valence-electron chi connectivity index (χ3n) is 13.6. The predicted octanol–water partition coefficient (Wildman–Crippen LogP) is 13.4. The molecule has 11 rings (SSSR count). The van der Waals surface area contributed by atoms with Gasteiger partial charge in [-0.15, -0.1) is 0 Å². The Labute approximate surface area is 346 Å². The summed E-state index contributed by atoms with van der Waals surface area (Å²) in [4.78, 5) is 0. The van der Waals surface area contributed by atoms with Gasteiger partial charge in [0.2, 0.25) is 11.4 Å². The molecule has 4 nitrogen and oxygen atoms in total. The summed E-state index contributed by atoms with van der Waals surface area (Å²) in [5.74, 6) is 0. The van der Waals surface area contributed by atoms with Crippen LogP contribution in [0.5, 0.6) is 0 Å². The monoisotopic (exact) mass is 769 g/mol. The minimum absolute atomic E-state index is 0.145. The SMILES string of the molecule is C=C1CC(CC)(CC)[n+]2ccc(CC(C)(C)C)cc2-c2cc3c4cc5oc6ccccc6c5c5c6ccccc6n(c3cc2CCc2ccccc2-c2cccc[n+]21)c45. The molecule has 10 aromatic rings. The summed E-state index contributed by atoms with van der Waals surface area (Å²) in [6, 6.07) is 45.4. The van der Waals surface area contributed by atoms with Crippen molar-refractivity contribution in [3.8, 4) is 22.5 Å². The molecule has 1 aliphatic rings. The highest BCUT2D eigenvalue weighted by Crippen LogP contribution is 2.47. The first-order valence-corrected chi connectivity index (χ1v) is 21.5. The molecule has 0 saturated heterocycles. The van der Waals surface area contributed by atoms with E-state index in [1.807, 2.05) is 0 Å². The minimum atomic E-state index is -0.210. The average molecular weight is 770 g/mol. The lowest BCUT2D eigenvalue weighted by Crippen LogP contribution is -2.58. The first kappa shape index (κ1) is 35.9. The third kappa shape index (κ3) is 5.42. The highest BCUT2D eigenvalue weighted by atomic mass is 16.3. The summed E-state index contributed by atoms with van der Waals surface area (Å²) in [5.41, 5.74) is 15.8. The van der Waals surface area contributed by atoms with E-state index in [-0.39, 0.29) is 11.0 Å². The molecule has 0 radical (unpaired) electrons. The van der Waals surface area contributed by atoms with E-state index in [9.17, 15) is 0 Å². The maximum Gasteiger partial charge on any atom is 0.218 e. The number of allylic oxidation sites excluding steroid dienone is 1. The number of pyridine rings is 2. The van der Waals surface area contributed by atoms with Crippen LogP contribution in [-0.2, 0) is 24.8 Å². The largest absolute Gasteiger partial charge is 0.456 e. The van der Waals surface area contributed by atoms with Crippen LogP contribution < -0.4 is 9.13 Å². The van der Waals surface area contributed by atoms with E-state index in [1.165, 1.54) is 88.1 Å². The zero-order valence-corrected chi connectivity index (χ0v) is 34.9. The Morgan fingerprint density at radius 3 is 2.22 bits per heavy atom. The summed E-state index contributed by atoms with van der Waals surface area (Å²) < 4.78 is 14.2. The van der Waals surface area contributed by atoms with E-state index < -0.39 is 0 Å². The summed E-state index contributed by atoms with van der Waals surface area (Å²) >= 11 is 0.